The van der Waals surface area contributed by atoms with Crippen molar-refractivity contribution in [1.82, 2.24) is 10.2 Å². The number of amides is 3. The predicted octanol–water partition coefficient (Wildman–Crippen LogP) is 1.30. The number of aliphatic hydroxyl groups is 1. The Hall–Kier alpha value is -2.15. The van der Waals surface area contributed by atoms with Gasteiger partial charge in [0.05, 0.1) is 6.10 Å². The first kappa shape index (κ1) is 17.2. The molecule has 1 aliphatic rings. The number of primary amides is 1. The van der Waals surface area contributed by atoms with E-state index in [0.717, 1.165) is 12.8 Å². The molecule has 1 heterocycles. The number of aliphatic hydroxyl groups excluding tert-OH is 1. The Labute approximate surface area is 134 Å². The number of likely N-dealkylation sites (tertiary alicyclic amines) is 1. The maximum absolute atomic E-state index is 12.9. The van der Waals surface area contributed by atoms with Crippen LogP contribution in [0.5, 0.6) is 0 Å². The van der Waals surface area contributed by atoms with Crippen LogP contribution in [0.1, 0.15) is 37.9 Å². The van der Waals surface area contributed by atoms with Gasteiger partial charge in [0.15, 0.2) is 0 Å². The largest absolute Gasteiger partial charge is 0.388 e. The number of nitrogens with two attached hydrogens (primary N) is 1. The predicted molar refractivity (Wildman–Crippen MR) is 82.9 cm³/mol. The van der Waals surface area contributed by atoms with Crippen LogP contribution in [-0.4, -0.2) is 40.6 Å². The van der Waals surface area contributed by atoms with E-state index in [4.69, 9.17) is 5.73 Å². The SMILES string of the molecule is C[C@H](NC(N)=O)C(=O)N1CCC[C@@H]1C[C@@H](O)c1ccc(F)cc1. The third-order valence-electron chi connectivity index (χ3n) is 4.14. The minimum absolute atomic E-state index is 0.111. The number of benzene rings is 1. The molecule has 7 heteroatoms. The number of carbonyl (C=O) groups is 2. The zero-order chi connectivity index (χ0) is 17.0. The Bertz CT molecular complexity index is 564. The van der Waals surface area contributed by atoms with Gasteiger partial charge in [-0.2, -0.15) is 0 Å². The van der Waals surface area contributed by atoms with Crippen molar-refractivity contribution in [2.24, 2.45) is 5.73 Å². The van der Waals surface area contributed by atoms with Crippen LogP contribution >= 0.6 is 0 Å². The summed E-state index contributed by atoms with van der Waals surface area (Å²) in [5.41, 5.74) is 5.66. The molecule has 0 radical (unpaired) electrons. The Kier molecular flexibility index (Phi) is 5.54. The van der Waals surface area contributed by atoms with E-state index in [1.165, 1.54) is 12.1 Å². The summed E-state index contributed by atoms with van der Waals surface area (Å²) in [6.07, 6.45) is 1.23. The highest BCUT2D eigenvalue weighted by atomic mass is 19.1. The molecule has 126 valence electrons. The summed E-state index contributed by atoms with van der Waals surface area (Å²) in [6, 6.07) is 4.13. The van der Waals surface area contributed by atoms with E-state index in [-0.39, 0.29) is 17.8 Å². The Morgan fingerprint density at radius 2 is 2.09 bits per heavy atom. The summed E-state index contributed by atoms with van der Waals surface area (Å²) >= 11 is 0. The van der Waals surface area contributed by atoms with Crippen molar-refractivity contribution < 1.29 is 19.1 Å². The van der Waals surface area contributed by atoms with Crippen molar-refractivity contribution in [3.05, 3.63) is 35.6 Å². The van der Waals surface area contributed by atoms with Gasteiger partial charge in [-0.1, -0.05) is 12.1 Å². The fraction of sp³-hybridized carbons (Fsp3) is 0.500. The molecule has 1 aromatic carbocycles. The summed E-state index contributed by atoms with van der Waals surface area (Å²) < 4.78 is 12.9. The second kappa shape index (κ2) is 7.41. The smallest absolute Gasteiger partial charge is 0.312 e. The fourth-order valence-corrected chi connectivity index (χ4v) is 2.97. The lowest BCUT2D eigenvalue weighted by molar-refractivity contribution is -0.134. The molecule has 1 aromatic rings. The van der Waals surface area contributed by atoms with E-state index >= 15 is 0 Å². The van der Waals surface area contributed by atoms with Crippen LogP contribution < -0.4 is 11.1 Å². The molecule has 1 fully saturated rings. The van der Waals surface area contributed by atoms with Crippen LogP contribution in [0.15, 0.2) is 24.3 Å². The molecule has 0 unspecified atom stereocenters. The van der Waals surface area contributed by atoms with Crippen molar-refractivity contribution in [3.8, 4) is 0 Å². The Balaban J connectivity index is 1.99. The third kappa shape index (κ3) is 4.41. The van der Waals surface area contributed by atoms with Crippen LogP contribution in [-0.2, 0) is 4.79 Å². The van der Waals surface area contributed by atoms with Crippen molar-refractivity contribution in [2.45, 2.75) is 44.4 Å². The number of urea groups is 1. The van der Waals surface area contributed by atoms with E-state index in [9.17, 15) is 19.1 Å². The molecule has 0 spiro atoms. The van der Waals surface area contributed by atoms with Gasteiger partial charge in [0.25, 0.3) is 0 Å². The van der Waals surface area contributed by atoms with Gasteiger partial charge in [0, 0.05) is 12.6 Å². The maximum atomic E-state index is 12.9. The van der Waals surface area contributed by atoms with Gasteiger partial charge in [-0.05, 0) is 43.9 Å². The number of halogens is 1. The average Bonchev–Trinajstić information content (AvgIpc) is 2.94. The standard InChI is InChI=1S/C16H22FN3O3/c1-10(19-16(18)23)15(22)20-8-2-3-13(20)9-14(21)11-4-6-12(17)7-5-11/h4-7,10,13-14,21H,2-3,8-9H2,1H3,(H3,18,19,23)/t10-,13+,14+/m0/s1. The lowest BCUT2D eigenvalue weighted by Gasteiger charge is -2.29. The summed E-state index contributed by atoms with van der Waals surface area (Å²) in [7, 11) is 0. The molecule has 4 N–H and O–H groups in total. The van der Waals surface area contributed by atoms with Crippen LogP contribution in [0.2, 0.25) is 0 Å². The van der Waals surface area contributed by atoms with Gasteiger partial charge in [-0.15, -0.1) is 0 Å². The monoisotopic (exact) mass is 323 g/mol. The van der Waals surface area contributed by atoms with Gasteiger partial charge in [0.1, 0.15) is 11.9 Å². The molecule has 3 atom stereocenters. The molecule has 3 amide bonds. The summed E-state index contributed by atoms with van der Waals surface area (Å²) in [5, 5.41) is 12.7. The quantitative estimate of drug-likeness (QED) is 0.762. The van der Waals surface area contributed by atoms with Crippen LogP contribution in [0, 0.1) is 5.82 Å². The number of nitrogens with one attached hydrogen (secondary N) is 1. The third-order valence-corrected chi connectivity index (χ3v) is 4.14. The van der Waals surface area contributed by atoms with E-state index in [1.807, 2.05) is 0 Å². The Morgan fingerprint density at radius 1 is 1.43 bits per heavy atom. The highest BCUT2D eigenvalue weighted by molar-refractivity contribution is 5.86. The van der Waals surface area contributed by atoms with E-state index < -0.39 is 18.2 Å². The first-order valence-electron chi connectivity index (χ1n) is 7.68. The molecule has 0 bridgehead atoms. The minimum atomic E-state index is -0.770. The molecule has 1 aliphatic heterocycles. The highest BCUT2D eigenvalue weighted by Gasteiger charge is 2.33. The average molecular weight is 323 g/mol. The molecular weight excluding hydrogens is 301 g/mol. The lowest BCUT2D eigenvalue weighted by Crippen LogP contribution is -2.50. The fourth-order valence-electron chi connectivity index (χ4n) is 2.97. The minimum Gasteiger partial charge on any atom is -0.388 e. The van der Waals surface area contributed by atoms with Crippen molar-refractivity contribution >= 4 is 11.9 Å². The second-order valence-electron chi connectivity index (χ2n) is 5.86. The zero-order valence-electron chi connectivity index (χ0n) is 13.0. The normalized spacial score (nSPS) is 20.1. The molecule has 6 nitrogen and oxygen atoms in total. The van der Waals surface area contributed by atoms with Gasteiger partial charge in [0.2, 0.25) is 5.91 Å². The molecule has 0 aromatic heterocycles. The van der Waals surface area contributed by atoms with Gasteiger partial charge in [-0.3, -0.25) is 4.79 Å². The zero-order valence-corrected chi connectivity index (χ0v) is 13.0. The number of hydrogen-bond donors (Lipinski definition) is 3. The first-order valence-corrected chi connectivity index (χ1v) is 7.68. The van der Waals surface area contributed by atoms with E-state index in [2.05, 4.69) is 5.32 Å². The number of hydrogen-bond acceptors (Lipinski definition) is 3. The molecule has 0 saturated carbocycles. The van der Waals surface area contributed by atoms with Crippen molar-refractivity contribution in [3.63, 3.8) is 0 Å². The lowest BCUT2D eigenvalue weighted by atomic mass is 10.00. The van der Waals surface area contributed by atoms with E-state index in [1.54, 1.807) is 24.0 Å². The van der Waals surface area contributed by atoms with Gasteiger partial charge in [-0.25, -0.2) is 9.18 Å². The summed E-state index contributed by atoms with van der Waals surface area (Å²) in [4.78, 5) is 24.9. The van der Waals surface area contributed by atoms with Crippen molar-refractivity contribution in [1.29, 1.82) is 0 Å². The Morgan fingerprint density at radius 3 is 2.70 bits per heavy atom. The number of nitrogens with zero attached hydrogens (tertiary/aromatic N) is 1. The van der Waals surface area contributed by atoms with Crippen LogP contribution in [0.4, 0.5) is 9.18 Å². The van der Waals surface area contributed by atoms with Gasteiger partial charge >= 0.3 is 6.03 Å². The van der Waals surface area contributed by atoms with Crippen LogP contribution in [0.3, 0.4) is 0 Å². The summed E-state index contributed by atoms with van der Waals surface area (Å²) in [6.45, 7) is 2.17. The molecular formula is C16H22FN3O3. The molecule has 2 rings (SSSR count). The number of rotatable bonds is 5. The highest BCUT2D eigenvalue weighted by Crippen LogP contribution is 2.28. The van der Waals surface area contributed by atoms with E-state index in [0.29, 0.717) is 18.5 Å². The molecule has 23 heavy (non-hydrogen) atoms. The maximum Gasteiger partial charge on any atom is 0.312 e. The van der Waals surface area contributed by atoms with Gasteiger partial charge < -0.3 is 21.1 Å². The molecule has 0 aliphatic carbocycles. The van der Waals surface area contributed by atoms with Crippen LogP contribution in [0.25, 0.3) is 0 Å². The number of carbonyl (C=O) groups excluding carboxylic acids is 2. The summed E-state index contributed by atoms with van der Waals surface area (Å²) in [5.74, 6) is -0.567. The molecule has 1 saturated heterocycles. The second-order valence-corrected chi connectivity index (χ2v) is 5.86. The van der Waals surface area contributed by atoms with Crippen molar-refractivity contribution in [2.75, 3.05) is 6.54 Å². The topological polar surface area (TPSA) is 95.7 Å². The first-order chi connectivity index (χ1) is 10.9.